The van der Waals surface area contributed by atoms with Crippen molar-refractivity contribution in [2.45, 2.75) is 26.0 Å². The summed E-state index contributed by atoms with van der Waals surface area (Å²) in [5, 5.41) is 2.99. The highest BCUT2D eigenvalue weighted by Gasteiger charge is 2.04. The summed E-state index contributed by atoms with van der Waals surface area (Å²) in [7, 11) is 0. The van der Waals surface area contributed by atoms with Gasteiger partial charge < -0.3 is 22.5 Å². The van der Waals surface area contributed by atoms with Crippen LogP contribution in [0.5, 0.6) is 5.75 Å². The third-order valence-corrected chi connectivity index (χ3v) is 5.32. The molecule has 6 heteroatoms. The van der Waals surface area contributed by atoms with E-state index in [2.05, 4.69) is 40.6 Å². The van der Waals surface area contributed by atoms with Crippen LogP contribution in [0.4, 0.5) is 0 Å². The van der Waals surface area contributed by atoms with Crippen LogP contribution in [-0.4, -0.2) is 22.6 Å². The molecule has 0 aliphatic carbocycles. The van der Waals surface area contributed by atoms with Crippen molar-refractivity contribution in [1.82, 2.24) is 9.55 Å². The van der Waals surface area contributed by atoms with E-state index in [0.717, 1.165) is 37.2 Å². The minimum atomic E-state index is 0. The van der Waals surface area contributed by atoms with Gasteiger partial charge in [0, 0.05) is 19.4 Å². The molecule has 166 valence electrons. The van der Waals surface area contributed by atoms with Gasteiger partial charge in [0.05, 0.1) is 30.3 Å². The zero-order valence-corrected chi connectivity index (χ0v) is 18.7. The highest BCUT2D eigenvalue weighted by atomic mass is 35.5. The van der Waals surface area contributed by atoms with Gasteiger partial charge in [-0.15, -0.1) is 0 Å². The molecule has 0 saturated heterocycles. The molecule has 4 aromatic rings. The SMILES string of the molecule is O=c1c2ccccc2ncn1CCC[NH2+]CCc1cccc(OCc2ccccc2)c1.[Cl-]. The lowest BCUT2D eigenvalue weighted by Gasteiger charge is -2.08. The lowest BCUT2D eigenvalue weighted by Crippen LogP contribution is -3.00. The maximum absolute atomic E-state index is 12.5. The molecule has 0 bridgehead atoms. The zero-order chi connectivity index (χ0) is 21.3. The Balaban J connectivity index is 0.00000289. The first-order valence-corrected chi connectivity index (χ1v) is 10.8. The number of quaternary nitrogens is 1. The van der Waals surface area contributed by atoms with Crippen molar-refractivity contribution >= 4 is 10.9 Å². The summed E-state index contributed by atoms with van der Waals surface area (Å²) < 4.78 is 7.63. The summed E-state index contributed by atoms with van der Waals surface area (Å²) in [6.07, 6.45) is 3.58. The average molecular weight is 450 g/mol. The third-order valence-electron chi connectivity index (χ3n) is 5.32. The van der Waals surface area contributed by atoms with E-state index in [4.69, 9.17) is 4.74 Å². The second kappa shape index (κ2) is 12.0. The van der Waals surface area contributed by atoms with Gasteiger partial charge in [-0.2, -0.15) is 0 Å². The van der Waals surface area contributed by atoms with Gasteiger partial charge in [0.2, 0.25) is 0 Å². The summed E-state index contributed by atoms with van der Waals surface area (Å²) in [5.41, 5.74) is 3.24. The fourth-order valence-corrected chi connectivity index (χ4v) is 3.62. The summed E-state index contributed by atoms with van der Waals surface area (Å²) in [5.74, 6) is 0.907. The van der Waals surface area contributed by atoms with Gasteiger partial charge in [-0.3, -0.25) is 9.36 Å². The van der Waals surface area contributed by atoms with E-state index in [1.54, 1.807) is 10.9 Å². The number of fused-ring (bicyclic) bond motifs is 1. The number of hydrogen-bond acceptors (Lipinski definition) is 3. The Kier molecular flexibility index (Phi) is 8.84. The van der Waals surface area contributed by atoms with Crippen molar-refractivity contribution in [1.29, 1.82) is 0 Å². The minimum Gasteiger partial charge on any atom is -1.00 e. The number of rotatable bonds is 10. The predicted octanol–water partition coefficient (Wildman–Crippen LogP) is 0.176. The Bertz CT molecular complexity index is 1180. The Morgan fingerprint density at radius 2 is 1.66 bits per heavy atom. The molecule has 0 saturated carbocycles. The first-order chi connectivity index (χ1) is 15.3. The van der Waals surface area contributed by atoms with Crippen LogP contribution in [0.3, 0.4) is 0 Å². The fourth-order valence-electron chi connectivity index (χ4n) is 3.62. The number of benzene rings is 3. The Hall–Kier alpha value is -3.15. The van der Waals surface area contributed by atoms with Crippen molar-refractivity contribution in [3.63, 3.8) is 0 Å². The van der Waals surface area contributed by atoms with Crippen LogP contribution in [0, 0.1) is 0 Å². The van der Waals surface area contributed by atoms with Crippen LogP contribution in [0.25, 0.3) is 10.9 Å². The Morgan fingerprint density at radius 3 is 2.53 bits per heavy atom. The van der Waals surface area contributed by atoms with E-state index in [-0.39, 0.29) is 18.0 Å². The highest BCUT2D eigenvalue weighted by molar-refractivity contribution is 5.76. The van der Waals surface area contributed by atoms with Gasteiger partial charge in [0.25, 0.3) is 5.56 Å². The first-order valence-electron chi connectivity index (χ1n) is 10.8. The molecule has 0 fully saturated rings. The number of halogens is 1. The van der Waals surface area contributed by atoms with E-state index in [0.29, 0.717) is 18.5 Å². The third kappa shape index (κ3) is 6.42. The minimum absolute atomic E-state index is 0. The van der Waals surface area contributed by atoms with Crippen molar-refractivity contribution in [3.05, 3.63) is 107 Å². The average Bonchev–Trinajstić information content (AvgIpc) is 2.82. The maximum atomic E-state index is 12.5. The predicted molar refractivity (Wildman–Crippen MR) is 123 cm³/mol. The summed E-state index contributed by atoms with van der Waals surface area (Å²) in [6, 6.07) is 26.0. The van der Waals surface area contributed by atoms with E-state index < -0.39 is 0 Å². The van der Waals surface area contributed by atoms with Crippen LogP contribution in [0.1, 0.15) is 17.5 Å². The zero-order valence-electron chi connectivity index (χ0n) is 18.0. The molecule has 0 unspecified atom stereocenters. The second-order valence-electron chi connectivity index (χ2n) is 7.65. The maximum Gasteiger partial charge on any atom is 0.261 e. The molecule has 0 amide bonds. The molecule has 32 heavy (non-hydrogen) atoms. The Labute approximate surface area is 194 Å². The van der Waals surface area contributed by atoms with Crippen LogP contribution in [-0.2, 0) is 19.6 Å². The van der Waals surface area contributed by atoms with Crippen molar-refractivity contribution in [2.24, 2.45) is 0 Å². The van der Waals surface area contributed by atoms with Crippen molar-refractivity contribution in [2.75, 3.05) is 13.1 Å². The van der Waals surface area contributed by atoms with E-state index >= 15 is 0 Å². The largest absolute Gasteiger partial charge is 1.00 e. The second-order valence-corrected chi connectivity index (χ2v) is 7.65. The molecule has 5 nitrogen and oxygen atoms in total. The van der Waals surface area contributed by atoms with Crippen LogP contribution in [0.2, 0.25) is 0 Å². The molecule has 0 aliphatic heterocycles. The molecular weight excluding hydrogens is 422 g/mol. The van der Waals surface area contributed by atoms with E-state index in [9.17, 15) is 4.79 Å². The number of aryl methyl sites for hydroxylation is 1. The summed E-state index contributed by atoms with van der Waals surface area (Å²) in [4.78, 5) is 16.9. The fraction of sp³-hybridized carbons (Fsp3) is 0.231. The van der Waals surface area contributed by atoms with Crippen LogP contribution < -0.4 is 28.0 Å². The lowest BCUT2D eigenvalue weighted by molar-refractivity contribution is -0.654. The van der Waals surface area contributed by atoms with Gasteiger partial charge in [-0.1, -0.05) is 54.6 Å². The summed E-state index contributed by atoms with van der Waals surface area (Å²) >= 11 is 0. The normalized spacial score (nSPS) is 10.6. The smallest absolute Gasteiger partial charge is 0.261 e. The molecule has 0 radical (unpaired) electrons. The van der Waals surface area contributed by atoms with Gasteiger partial charge in [0.1, 0.15) is 12.4 Å². The highest BCUT2D eigenvalue weighted by Crippen LogP contribution is 2.15. The van der Waals surface area contributed by atoms with E-state index in [1.165, 1.54) is 11.1 Å². The topological polar surface area (TPSA) is 60.7 Å². The number of aromatic nitrogens is 2. The van der Waals surface area contributed by atoms with Gasteiger partial charge in [-0.25, -0.2) is 4.98 Å². The standard InChI is InChI=1S/C26H27N3O2.ClH/c30-26-24-12-4-5-13-25(24)28-20-29(26)17-7-15-27-16-14-21-10-6-11-23(18-21)31-19-22-8-2-1-3-9-22;/h1-6,8-13,18,20,27H,7,14-17,19H2;1H. The number of para-hydroxylation sites is 1. The summed E-state index contributed by atoms with van der Waals surface area (Å²) in [6.45, 7) is 3.26. The molecule has 1 aromatic heterocycles. The molecular formula is C26H28ClN3O2. The number of nitrogens with two attached hydrogens (primary N) is 1. The van der Waals surface area contributed by atoms with E-state index in [1.807, 2.05) is 48.5 Å². The molecule has 3 aromatic carbocycles. The van der Waals surface area contributed by atoms with Crippen molar-refractivity contribution in [3.8, 4) is 5.75 Å². The molecule has 0 atom stereocenters. The number of hydrogen-bond donors (Lipinski definition) is 1. The van der Waals surface area contributed by atoms with Crippen molar-refractivity contribution < 1.29 is 22.5 Å². The molecule has 4 rings (SSSR count). The van der Waals surface area contributed by atoms with Gasteiger partial charge >= 0.3 is 0 Å². The Morgan fingerprint density at radius 1 is 0.875 bits per heavy atom. The lowest BCUT2D eigenvalue weighted by atomic mass is 10.1. The molecule has 0 aliphatic rings. The van der Waals surface area contributed by atoms with Crippen LogP contribution >= 0.6 is 0 Å². The van der Waals surface area contributed by atoms with Gasteiger partial charge in [-0.05, 0) is 35.4 Å². The number of ether oxygens (including phenoxy) is 1. The monoisotopic (exact) mass is 449 g/mol. The van der Waals surface area contributed by atoms with Crippen LogP contribution in [0.15, 0.2) is 90.0 Å². The first kappa shape index (κ1) is 23.5. The number of nitrogens with zero attached hydrogens (tertiary/aromatic N) is 2. The van der Waals surface area contributed by atoms with Gasteiger partial charge in [0.15, 0.2) is 0 Å². The molecule has 1 heterocycles. The quantitative estimate of drug-likeness (QED) is 0.351. The molecule has 0 spiro atoms. The molecule has 2 N–H and O–H groups in total.